The molecule has 0 amide bonds. The second kappa shape index (κ2) is 10.7. The molecule has 0 spiro atoms. The Morgan fingerprint density at radius 1 is 1.28 bits per heavy atom. The summed E-state index contributed by atoms with van der Waals surface area (Å²) in [6, 6.07) is 0. The minimum Gasteiger partial charge on any atom is -0.394 e. The van der Waals surface area contributed by atoms with Gasteiger partial charge >= 0.3 is 0 Å². The van der Waals surface area contributed by atoms with Crippen molar-refractivity contribution in [3.8, 4) is 0 Å². The maximum atomic E-state index is 9.48. The van der Waals surface area contributed by atoms with E-state index in [1.807, 2.05) is 0 Å². The predicted octanol–water partition coefficient (Wildman–Crippen LogP) is 1.49. The number of ether oxygens (including phenoxy) is 1. The van der Waals surface area contributed by atoms with Gasteiger partial charge in [-0.15, -0.1) is 0 Å². The number of hydrogen-bond acceptors (Lipinski definition) is 4. The lowest BCUT2D eigenvalue weighted by atomic mass is 9.96. The molecular formula is C14H32N2O2. The second-order valence-corrected chi connectivity index (χ2v) is 5.18. The van der Waals surface area contributed by atoms with Gasteiger partial charge in [-0.3, -0.25) is 0 Å². The molecule has 110 valence electrons. The summed E-state index contributed by atoms with van der Waals surface area (Å²) in [6.45, 7) is 11.5. The lowest BCUT2D eigenvalue weighted by Crippen LogP contribution is -2.46. The molecule has 0 bridgehead atoms. The normalized spacial score (nSPS) is 15.0. The van der Waals surface area contributed by atoms with Crippen molar-refractivity contribution in [1.82, 2.24) is 10.2 Å². The minimum atomic E-state index is -0.128. The number of hydrogen-bond donors (Lipinski definition) is 2. The Morgan fingerprint density at radius 3 is 2.50 bits per heavy atom. The van der Waals surface area contributed by atoms with Gasteiger partial charge in [0.05, 0.1) is 13.2 Å². The van der Waals surface area contributed by atoms with E-state index in [1.165, 1.54) is 0 Å². The summed E-state index contributed by atoms with van der Waals surface area (Å²) in [6.07, 6.45) is 3.21. The Hall–Kier alpha value is -0.160. The van der Waals surface area contributed by atoms with Crippen LogP contribution >= 0.6 is 0 Å². The Bertz CT molecular complexity index is 191. The fourth-order valence-electron chi connectivity index (χ4n) is 1.99. The Morgan fingerprint density at radius 2 is 2.00 bits per heavy atom. The van der Waals surface area contributed by atoms with Crippen molar-refractivity contribution in [3.63, 3.8) is 0 Å². The molecule has 0 aromatic rings. The zero-order valence-electron chi connectivity index (χ0n) is 12.7. The molecule has 0 radical (unpaired) electrons. The van der Waals surface area contributed by atoms with Crippen molar-refractivity contribution in [2.45, 2.75) is 45.6 Å². The molecule has 0 saturated carbocycles. The van der Waals surface area contributed by atoms with E-state index >= 15 is 0 Å². The first-order chi connectivity index (χ1) is 8.61. The molecule has 0 rings (SSSR count). The van der Waals surface area contributed by atoms with Crippen molar-refractivity contribution < 1.29 is 9.84 Å². The van der Waals surface area contributed by atoms with Crippen molar-refractivity contribution in [1.29, 1.82) is 0 Å². The molecule has 4 heteroatoms. The van der Waals surface area contributed by atoms with Crippen LogP contribution in [0.5, 0.6) is 0 Å². The average Bonchev–Trinajstić information content (AvgIpc) is 2.40. The van der Waals surface area contributed by atoms with Crippen LogP contribution in [0.4, 0.5) is 0 Å². The molecule has 0 aliphatic heterocycles. The number of methoxy groups -OCH3 is 1. The lowest BCUT2D eigenvalue weighted by Gasteiger charge is -2.30. The van der Waals surface area contributed by atoms with Crippen molar-refractivity contribution >= 4 is 0 Å². The van der Waals surface area contributed by atoms with Crippen molar-refractivity contribution in [3.05, 3.63) is 0 Å². The first-order valence-electron chi connectivity index (χ1n) is 7.19. The van der Waals surface area contributed by atoms with Gasteiger partial charge in [-0.05, 0) is 45.8 Å². The molecule has 0 aromatic carbocycles. The first-order valence-corrected chi connectivity index (χ1v) is 7.19. The van der Waals surface area contributed by atoms with Crippen LogP contribution in [0.1, 0.15) is 40.0 Å². The highest BCUT2D eigenvalue weighted by atomic mass is 16.5. The Balaban J connectivity index is 3.89. The highest BCUT2D eigenvalue weighted by Gasteiger charge is 2.21. The topological polar surface area (TPSA) is 44.7 Å². The van der Waals surface area contributed by atoms with Crippen LogP contribution in [0.15, 0.2) is 0 Å². The second-order valence-electron chi connectivity index (χ2n) is 5.18. The summed E-state index contributed by atoms with van der Waals surface area (Å²) in [5, 5.41) is 12.9. The standard InChI is InChI=1S/C14H32N2O2/c1-5-9-15-14(3,13-17)8-7-10-16(6-2)11-12-18-4/h15,17H,5-13H2,1-4H3. The van der Waals surface area contributed by atoms with Crippen LogP contribution in [0.2, 0.25) is 0 Å². The summed E-state index contributed by atoms with van der Waals surface area (Å²) >= 11 is 0. The third-order valence-electron chi connectivity index (χ3n) is 3.41. The van der Waals surface area contributed by atoms with Crippen molar-refractivity contribution in [2.24, 2.45) is 0 Å². The highest BCUT2D eigenvalue weighted by molar-refractivity contribution is 4.82. The molecule has 1 atom stereocenters. The smallest absolute Gasteiger partial charge is 0.0610 e. The van der Waals surface area contributed by atoms with E-state index in [0.29, 0.717) is 0 Å². The van der Waals surface area contributed by atoms with Gasteiger partial charge in [0.2, 0.25) is 0 Å². The van der Waals surface area contributed by atoms with E-state index < -0.39 is 0 Å². The third-order valence-corrected chi connectivity index (χ3v) is 3.41. The van der Waals surface area contributed by atoms with Crippen LogP contribution < -0.4 is 5.32 Å². The van der Waals surface area contributed by atoms with Crippen LogP contribution in [0, 0.1) is 0 Å². The molecule has 0 heterocycles. The third kappa shape index (κ3) is 8.03. The zero-order chi connectivity index (χ0) is 13.9. The van der Waals surface area contributed by atoms with Crippen LogP contribution in [-0.4, -0.2) is 62.0 Å². The molecule has 0 saturated heterocycles. The zero-order valence-corrected chi connectivity index (χ0v) is 12.7. The lowest BCUT2D eigenvalue weighted by molar-refractivity contribution is 0.137. The Labute approximate surface area is 113 Å². The molecular weight excluding hydrogens is 228 g/mol. The van der Waals surface area contributed by atoms with Gasteiger partial charge in [0.1, 0.15) is 0 Å². The van der Waals surface area contributed by atoms with E-state index in [2.05, 4.69) is 31.0 Å². The summed E-state index contributed by atoms with van der Waals surface area (Å²) < 4.78 is 5.10. The van der Waals surface area contributed by atoms with Crippen LogP contribution in [-0.2, 0) is 4.74 Å². The van der Waals surface area contributed by atoms with Gasteiger partial charge in [0, 0.05) is 19.2 Å². The quantitative estimate of drug-likeness (QED) is 0.558. The molecule has 0 aromatic heterocycles. The molecule has 2 N–H and O–H groups in total. The number of rotatable bonds is 12. The minimum absolute atomic E-state index is 0.128. The van der Waals surface area contributed by atoms with Crippen LogP contribution in [0.25, 0.3) is 0 Å². The van der Waals surface area contributed by atoms with Crippen LogP contribution in [0.3, 0.4) is 0 Å². The molecule has 0 aliphatic carbocycles. The number of nitrogens with one attached hydrogen (secondary N) is 1. The van der Waals surface area contributed by atoms with Crippen molar-refractivity contribution in [2.75, 3.05) is 46.5 Å². The monoisotopic (exact) mass is 260 g/mol. The van der Waals surface area contributed by atoms with Gasteiger partial charge in [-0.1, -0.05) is 13.8 Å². The highest BCUT2D eigenvalue weighted by Crippen LogP contribution is 2.12. The SMILES string of the molecule is CCCNC(C)(CO)CCCN(CC)CCOC. The molecule has 1 unspecified atom stereocenters. The fraction of sp³-hybridized carbons (Fsp3) is 1.00. The van der Waals surface area contributed by atoms with Gasteiger partial charge in [0.15, 0.2) is 0 Å². The molecule has 4 nitrogen and oxygen atoms in total. The maximum Gasteiger partial charge on any atom is 0.0610 e. The summed E-state index contributed by atoms with van der Waals surface area (Å²) in [4.78, 5) is 2.39. The van der Waals surface area contributed by atoms with E-state index in [4.69, 9.17) is 4.74 Å². The van der Waals surface area contributed by atoms with E-state index in [1.54, 1.807) is 7.11 Å². The van der Waals surface area contributed by atoms with Gasteiger partial charge in [0.25, 0.3) is 0 Å². The van der Waals surface area contributed by atoms with E-state index in [0.717, 1.165) is 52.0 Å². The number of aliphatic hydroxyl groups excluding tert-OH is 1. The molecule has 18 heavy (non-hydrogen) atoms. The summed E-state index contributed by atoms with van der Waals surface area (Å²) in [7, 11) is 1.74. The number of likely N-dealkylation sites (N-methyl/N-ethyl adjacent to an activating group) is 1. The molecule has 0 aliphatic rings. The molecule has 0 fully saturated rings. The van der Waals surface area contributed by atoms with Gasteiger partial charge in [-0.2, -0.15) is 0 Å². The van der Waals surface area contributed by atoms with Gasteiger partial charge < -0.3 is 20.1 Å². The summed E-state index contributed by atoms with van der Waals surface area (Å²) in [5.41, 5.74) is -0.128. The van der Waals surface area contributed by atoms with Gasteiger partial charge in [-0.25, -0.2) is 0 Å². The first kappa shape index (κ1) is 17.8. The number of aliphatic hydroxyl groups is 1. The predicted molar refractivity (Wildman–Crippen MR) is 77.0 cm³/mol. The Kier molecular flexibility index (Phi) is 10.6. The maximum absolute atomic E-state index is 9.48. The fourth-order valence-corrected chi connectivity index (χ4v) is 1.99. The average molecular weight is 260 g/mol. The van der Waals surface area contributed by atoms with E-state index in [9.17, 15) is 5.11 Å². The summed E-state index contributed by atoms with van der Waals surface area (Å²) in [5.74, 6) is 0. The van der Waals surface area contributed by atoms with E-state index in [-0.39, 0.29) is 12.1 Å². The largest absolute Gasteiger partial charge is 0.394 e. The number of nitrogens with zero attached hydrogens (tertiary/aromatic N) is 1.